The molecule has 0 unspecified atom stereocenters. The van der Waals surface area contributed by atoms with Crippen molar-refractivity contribution >= 4 is 16.9 Å². The number of benzene rings is 1. The normalized spacial score (nSPS) is 10.7. The molecule has 0 saturated heterocycles. The van der Waals surface area contributed by atoms with E-state index in [0.29, 0.717) is 11.4 Å². The van der Waals surface area contributed by atoms with Crippen LogP contribution in [0.4, 0.5) is 0 Å². The van der Waals surface area contributed by atoms with Crippen LogP contribution in [0.3, 0.4) is 0 Å². The molecule has 0 amide bonds. The molecule has 3 rings (SSSR count). The monoisotopic (exact) mass is 269 g/mol. The zero-order valence-electron chi connectivity index (χ0n) is 10.7. The number of ether oxygens (including phenoxy) is 1. The highest BCUT2D eigenvalue weighted by atomic mass is 16.5. The molecule has 0 spiro atoms. The van der Waals surface area contributed by atoms with Gasteiger partial charge in [-0.3, -0.25) is 9.36 Å². The molecule has 0 bridgehead atoms. The number of esters is 1. The standard InChI is InChI=1S/C14H11N3O3/c1-20-14(19)10-3-2-9-6-7-17(11(9)8-10)12-4-5-13(18)16-15-12/h2-8H,1H3,(H,16,18). The summed E-state index contributed by atoms with van der Waals surface area (Å²) in [4.78, 5) is 22.6. The molecule has 0 fully saturated rings. The van der Waals surface area contributed by atoms with Crippen LogP contribution < -0.4 is 5.56 Å². The van der Waals surface area contributed by atoms with E-state index in [1.54, 1.807) is 22.8 Å². The summed E-state index contributed by atoms with van der Waals surface area (Å²) >= 11 is 0. The minimum Gasteiger partial charge on any atom is -0.465 e. The van der Waals surface area contributed by atoms with E-state index in [4.69, 9.17) is 4.74 Å². The maximum atomic E-state index is 11.6. The molecule has 3 aromatic rings. The van der Waals surface area contributed by atoms with Gasteiger partial charge in [-0.05, 0) is 24.3 Å². The third kappa shape index (κ3) is 1.97. The third-order valence-electron chi connectivity index (χ3n) is 3.03. The van der Waals surface area contributed by atoms with Gasteiger partial charge in [0.25, 0.3) is 5.56 Å². The van der Waals surface area contributed by atoms with Crippen LogP contribution in [0, 0.1) is 0 Å². The fourth-order valence-electron chi connectivity index (χ4n) is 2.04. The lowest BCUT2D eigenvalue weighted by molar-refractivity contribution is 0.0601. The molecule has 0 aliphatic rings. The number of methoxy groups -OCH3 is 1. The van der Waals surface area contributed by atoms with Gasteiger partial charge in [0.15, 0.2) is 5.82 Å². The molecular formula is C14H11N3O3. The van der Waals surface area contributed by atoms with Gasteiger partial charge in [-0.2, -0.15) is 5.10 Å². The van der Waals surface area contributed by atoms with Gasteiger partial charge in [-0.25, -0.2) is 9.89 Å². The summed E-state index contributed by atoms with van der Waals surface area (Å²) in [7, 11) is 1.34. The highest BCUT2D eigenvalue weighted by Gasteiger charge is 2.10. The number of carbonyl (C=O) groups excluding carboxylic acids is 1. The summed E-state index contributed by atoms with van der Waals surface area (Å²) in [6.45, 7) is 0. The second-order valence-electron chi connectivity index (χ2n) is 4.23. The van der Waals surface area contributed by atoms with Crippen LogP contribution >= 0.6 is 0 Å². The summed E-state index contributed by atoms with van der Waals surface area (Å²) in [5.74, 6) is 0.177. The van der Waals surface area contributed by atoms with Gasteiger partial charge in [0.2, 0.25) is 0 Å². The van der Waals surface area contributed by atoms with Crippen molar-refractivity contribution in [3.63, 3.8) is 0 Å². The highest BCUT2D eigenvalue weighted by molar-refractivity contribution is 5.94. The fraction of sp³-hybridized carbons (Fsp3) is 0.0714. The molecule has 2 heterocycles. The molecule has 6 nitrogen and oxygen atoms in total. The number of hydrogen-bond acceptors (Lipinski definition) is 4. The van der Waals surface area contributed by atoms with Crippen LogP contribution in [-0.4, -0.2) is 27.8 Å². The predicted molar refractivity (Wildman–Crippen MR) is 73.0 cm³/mol. The fourth-order valence-corrected chi connectivity index (χ4v) is 2.04. The van der Waals surface area contributed by atoms with Crippen LogP contribution in [0.2, 0.25) is 0 Å². The Balaban J connectivity index is 2.18. The molecule has 2 aromatic heterocycles. The lowest BCUT2D eigenvalue weighted by Gasteiger charge is -2.05. The molecular weight excluding hydrogens is 258 g/mol. The number of nitrogens with zero attached hydrogens (tertiary/aromatic N) is 2. The first-order chi connectivity index (χ1) is 9.69. The van der Waals surface area contributed by atoms with Crippen molar-refractivity contribution in [3.05, 3.63) is 58.5 Å². The van der Waals surface area contributed by atoms with Crippen LogP contribution in [0.5, 0.6) is 0 Å². The van der Waals surface area contributed by atoms with E-state index < -0.39 is 5.97 Å². The maximum Gasteiger partial charge on any atom is 0.337 e. The minimum atomic E-state index is -0.394. The topological polar surface area (TPSA) is 77.0 Å². The van der Waals surface area contributed by atoms with E-state index in [0.717, 1.165) is 10.9 Å². The Morgan fingerprint density at radius 3 is 2.80 bits per heavy atom. The first-order valence-corrected chi connectivity index (χ1v) is 5.94. The van der Waals surface area contributed by atoms with Gasteiger partial charge in [0, 0.05) is 17.6 Å². The third-order valence-corrected chi connectivity index (χ3v) is 3.03. The number of fused-ring (bicyclic) bond motifs is 1. The molecule has 0 radical (unpaired) electrons. The van der Waals surface area contributed by atoms with Crippen LogP contribution in [-0.2, 0) is 4.74 Å². The molecule has 100 valence electrons. The molecule has 0 atom stereocenters. The Hall–Kier alpha value is -2.89. The smallest absolute Gasteiger partial charge is 0.337 e. The van der Waals surface area contributed by atoms with Crippen LogP contribution in [0.15, 0.2) is 47.4 Å². The molecule has 0 saturated carbocycles. The number of carbonyl (C=O) groups is 1. The van der Waals surface area contributed by atoms with Crippen molar-refractivity contribution < 1.29 is 9.53 Å². The summed E-state index contributed by atoms with van der Waals surface area (Å²) in [5.41, 5.74) is 1.01. The van der Waals surface area contributed by atoms with Crippen molar-refractivity contribution in [2.24, 2.45) is 0 Å². The molecule has 1 aromatic carbocycles. The van der Waals surface area contributed by atoms with Gasteiger partial charge in [-0.1, -0.05) is 6.07 Å². The Bertz CT molecular complexity index is 828. The van der Waals surface area contributed by atoms with Crippen molar-refractivity contribution in [1.82, 2.24) is 14.8 Å². The Morgan fingerprint density at radius 1 is 1.25 bits per heavy atom. The van der Waals surface area contributed by atoms with Crippen molar-refractivity contribution in [2.75, 3.05) is 7.11 Å². The number of hydrogen-bond donors (Lipinski definition) is 1. The van der Waals surface area contributed by atoms with E-state index >= 15 is 0 Å². The first kappa shape index (κ1) is 12.2. The lowest BCUT2D eigenvalue weighted by Crippen LogP contribution is -2.08. The SMILES string of the molecule is COC(=O)c1ccc2ccn(-c3ccc(=O)[nH]n3)c2c1. The Morgan fingerprint density at radius 2 is 2.10 bits per heavy atom. The largest absolute Gasteiger partial charge is 0.465 e. The Kier molecular flexibility index (Phi) is 2.83. The lowest BCUT2D eigenvalue weighted by atomic mass is 10.1. The predicted octanol–water partition coefficient (Wildman–Crippen LogP) is 1.50. The van der Waals surface area contributed by atoms with E-state index in [1.807, 2.05) is 18.3 Å². The van der Waals surface area contributed by atoms with Gasteiger partial charge in [-0.15, -0.1) is 0 Å². The van der Waals surface area contributed by atoms with E-state index in [2.05, 4.69) is 10.2 Å². The van der Waals surface area contributed by atoms with Crippen molar-refractivity contribution in [3.8, 4) is 5.82 Å². The number of H-pyrrole nitrogens is 1. The average Bonchev–Trinajstić information content (AvgIpc) is 2.90. The molecule has 1 N–H and O–H groups in total. The van der Waals surface area contributed by atoms with E-state index in [1.165, 1.54) is 13.2 Å². The van der Waals surface area contributed by atoms with E-state index in [-0.39, 0.29) is 5.56 Å². The minimum absolute atomic E-state index is 0.263. The second-order valence-corrected chi connectivity index (χ2v) is 4.23. The molecule has 20 heavy (non-hydrogen) atoms. The summed E-state index contributed by atoms with van der Waals surface area (Å²) in [6, 6.07) is 10.2. The summed E-state index contributed by atoms with van der Waals surface area (Å²) in [5, 5.41) is 7.32. The van der Waals surface area contributed by atoms with Crippen LogP contribution in [0.1, 0.15) is 10.4 Å². The van der Waals surface area contributed by atoms with E-state index in [9.17, 15) is 9.59 Å². The zero-order valence-corrected chi connectivity index (χ0v) is 10.7. The zero-order chi connectivity index (χ0) is 14.1. The van der Waals surface area contributed by atoms with Gasteiger partial charge < -0.3 is 4.74 Å². The van der Waals surface area contributed by atoms with Gasteiger partial charge in [0.1, 0.15) is 0 Å². The van der Waals surface area contributed by atoms with Crippen molar-refractivity contribution in [2.45, 2.75) is 0 Å². The quantitative estimate of drug-likeness (QED) is 0.715. The number of aromatic amines is 1. The summed E-state index contributed by atoms with van der Waals surface area (Å²) < 4.78 is 6.50. The summed E-state index contributed by atoms with van der Waals surface area (Å²) in [6.07, 6.45) is 1.83. The first-order valence-electron chi connectivity index (χ1n) is 5.94. The van der Waals surface area contributed by atoms with Gasteiger partial charge >= 0.3 is 5.97 Å². The molecule has 6 heteroatoms. The molecule has 0 aliphatic heterocycles. The number of rotatable bonds is 2. The highest BCUT2D eigenvalue weighted by Crippen LogP contribution is 2.20. The van der Waals surface area contributed by atoms with Crippen LogP contribution in [0.25, 0.3) is 16.7 Å². The molecule has 0 aliphatic carbocycles. The van der Waals surface area contributed by atoms with Crippen molar-refractivity contribution in [1.29, 1.82) is 0 Å². The Labute approximate surface area is 113 Å². The van der Waals surface area contributed by atoms with Gasteiger partial charge in [0.05, 0.1) is 18.2 Å². The maximum absolute atomic E-state index is 11.6. The second kappa shape index (κ2) is 4.65. The average molecular weight is 269 g/mol. The number of aromatic nitrogens is 3. The number of nitrogens with one attached hydrogen (secondary N) is 1.